The average Bonchev–Trinajstić information content (AvgIpc) is 3.41. The van der Waals surface area contributed by atoms with E-state index in [1.807, 2.05) is 21.6 Å². The third-order valence-electron chi connectivity index (χ3n) is 10.2. The first kappa shape index (κ1) is 24.1. The van der Waals surface area contributed by atoms with Crippen LogP contribution in [0.25, 0.3) is 0 Å². The summed E-state index contributed by atoms with van der Waals surface area (Å²) in [4.78, 5) is 18.1. The molecule has 5 rings (SSSR count). The maximum Gasteiger partial charge on any atom is 0.186 e. The van der Waals surface area contributed by atoms with E-state index in [1.54, 1.807) is 0 Å². The van der Waals surface area contributed by atoms with E-state index in [2.05, 4.69) is 11.9 Å². The van der Waals surface area contributed by atoms with Crippen molar-refractivity contribution in [2.75, 3.05) is 18.1 Å². The number of allylic oxidation sites excluding steroid dienone is 2. The second-order valence-corrected chi connectivity index (χ2v) is 14.2. The molecule has 6 atom stereocenters. The van der Waals surface area contributed by atoms with Gasteiger partial charge in [-0.05, 0) is 73.2 Å². The van der Waals surface area contributed by atoms with Gasteiger partial charge in [0, 0.05) is 29.9 Å². The van der Waals surface area contributed by atoms with E-state index in [9.17, 15) is 9.90 Å². The van der Waals surface area contributed by atoms with E-state index in [0.717, 1.165) is 55.6 Å². The summed E-state index contributed by atoms with van der Waals surface area (Å²) in [6, 6.07) is 0.126. The molecule has 3 fully saturated rings. The Balaban J connectivity index is 1.56. The summed E-state index contributed by atoms with van der Waals surface area (Å²) in [6.07, 6.45) is 12.1. The highest BCUT2D eigenvalue weighted by Crippen LogP contribution is 2.76. The molecule has 5 bridgehead atoms. The van der Waals surface area contributed by atoms with Crippen LogP contribution in [-0.2, 0) is 4.79 Å². The minimum absolute atomic E-state index is 0.0107. The lowest BCUT2D eigenvalue weighted by atomic mass is 9.45. The topological polar surface area (TPSA) is 102 Å². The number of rotatable bonds is 3. The normalized spacial score (nSPS) is 42.1. The van der Waals surface area contributed by atoms with Crippen LogP contribution in [0.2, 0.25) is 0 Å². The molecule has 33 heavy (non-hydrogen) atoms. The average molecular weight is 492 g/mol. The first-order valence-electron chi connectivity index (χ1n) is 13.1. The van der Waals surface area contributed by atoms with Gasteiger partial charge in [0.05, 0.1) is 6.04 Å². The Morgan fingerprint density at radius 1 is 1.18 bits per heavy atom. The number of aliphatic hydroxyl groups excluding tert-OH is 1. The van der Waals surface area contributed by atoms with Crippen molar-refractivity contribution in [3.8, 4) is 0 Å². The number of Topliss-reactive ketones (excluding diaryl/α,β-unsaturated/α-hetero) is 1. The van der Waals surface area contributed by atoms with E-state index in [-0.39, 0.29) is 29.4 Å². The predicted molar refractivity (Wildman–Crippen MR) is 139 cm³/mol. The third-order valence-corrected chi connectivity index (χ3v) is 12.7. The van der Waals surface area contributed by atoms with Gasteiger partial charge in [-0.1, -0.05) is 59.8 Å². The lowest BCUT2D eigenvalue weighted by Crippen LogP contribution is -2.54. The maximum atomic E-state index is 13.7. The largest absolute Gasteiger partial charge is 0.396 e. The standard InChI is InChI=1S/C26H41N3O2S2/c1-25-9-10-32-33-15-19(29-24(27)28)7-4-8-20-21-12-18(25)11-17(14-30)23(16-5-2-3-6-16)26(21,25)13-22(20)31/h16-19,23,30H,2-15H2,1H3,(H4,27,28,29)/t17-,18-,19+,23-,25+,26-/m1/s1. The molecule has 1 aliphatic heterocycles. The van der Waals surface area contributed by atoms with Gasteiger partial charge >= 0.3 is 0 Å². The van der Waals surface area contributed by atoms with Gasteiger partial charge in [-0.15, -0.1) is 0 Å². The van der Waals surface area contributed by atoms with Crippen LogP contribution in [0.4, 0.5) is 0 Å². The number of nitrogens with zero attached hydrogens (tertiary/aromatic N) is 1. The number of hydrogen-bond acceptors (Lipinski definition) is 5. The molecule has 0 aromatic heterocycles. The summed E-state index contributed by atoms with van der Waals surface area (Å²) in [5.74, 6) is 4.72. The fraction of sp³-hybridized carbons (Fsp3) is 0.846. The number of carbonyl (C=O) groups excluding carboxylic acids is 1. The lowest BCUT2D eigenvalue weighted by Gasteiger charge is -2.58. The molecule has 0 unspecified atom stereocenters. The number of ketones is 1. The number of nitrogens with two attached hydrogens (primary N) is 2. The molecule has 0 saturated heterocycles. The van der Waals surface area contributed by atoms with Crippen molar-refractivity contribution in [2.45, 2.75) is 83.6 Å². The molecule has 7 heteroatoms. The quantitative estimate of drug-likeness (QED) is 0.301. The minimum atomic E-state index is -0.0107. The zero-order valence-electron chi connectivity index (χ0n) is 20.1. The van der Waals surface area contributed by atoms with Gasteiger partial charge in [-0.2, -0.15) is 0 Å². The second kappa shape index (κ2) is 9.42. The molecule has 5 aliphatic rings. The molecule has 3 saturated carbocycles. The molecule has 0 amide bonds. The van der Waals surface area contributed by atoms with Gasteiger partial charge in [-0.25, -0.2) is 4.99 Å². The molecular formula is C26H41N3O2S2. The van der Waals surface area contributed by atoms with Crippen LogP contribution in [0, 0.1) is 34.5 Å². The Hall–Kier alpha value is -0.660. The van der Waals surface area contributed by atoms with Crippen molar-refractivity contribution in [1.29, 1.82) is 0 Å². The Labute approximate surface area is 206 Å². The summed E-state index contributed by atoms with van der Waals surface area (Å²) in [7, 11) is 3.86. The van der Waals surface area contributed by atoms with E-state index >= 15 is 0 Å². The van der Waals surface area contributed by atoms with Gasteiger partial charge in [0.1, 0.15) is 0 Å². The second-order valence-electron chi connectivity index (χ2n) is 11.6. The number of carbonyl (C=O) groups is 1. The molecule has 4 aliphatic carbocycles. The van der Waals surface area contributed by atoms with Gasteiger partial charge in [-0.3, -0.25) is 4.79 Å². The Morgan fingerprint density at radius 2 is 1.97 bits per heavy atom. The molecule has 0 aromatic rings. The highest BCUT2D eigenvalue weighted by Gasteiger charge is 2.70. The van der Waals surface area contributed by atoms with Gasteiger partial charge in [0.25, 0.3) is 0 Å². The molecule has 5 nitrogen and oxygen atoms in total. The monoisotopic (exact) mass is 491 g/mol. The fourth-order valence-corrected chi connectivity index (χ4v) is 11.4. The van der Waals surface area contributed by atoms with Crippen LogP contribution >= 0.6 is 21.6 Å². The van der Waals surface area contributed by atoms with Crippen molar-refractivity contribution in [3.05, 3.63) is 11.1 Å². The molecular weight excluding hydrogens is 450 g/mol. The molecule has 0 aromatic carbocycles. The predicted octanol–water partition coefficient (Wildman–Crippen LogP) is 4.68. The van der Waals surface area contributed by atoms with Gasteiger partial charge in [0.2, 0.25) is 0 Å². The van der Waals surface area contributed by atoms with Crippen LogP contribution in [0.3, 0.4) is 0 Å². The Morgan fingerprint density at radius 3 is 2.70 bits per heavy atom. The maximum absolute atomic E-state index is 13.7. The van der Waals surface area contributed by atoms with Crippen molar-refractivity contribution >= 4 is 33.3 Å². The van der Waals surface area contributed by atoms with Crippen LogP contribution in [0.1, 0.15) is 77.6 Å². The zero-order valence-corrected chi connectivity index (χ0v) is 21.7. The molecule has 5 N–H and O–H groups in total. The van der Waals surface area contributed by atoms with Gasteiger partial charge in [0.15, 0.2) is 11.7 Å². The highest BCUT2D eigenvalue weighted by molar-refractivity contribution is 8.76. The third kappa shape index (κ3) is 3.88. The Kier molecular flexibility index (Phi) is 6.87. The van der Waals surface area contributed by atoms with Crippen molar-refractivity contribution in [1.82, 2.24) is 0 Å². The smallest absolute Gasteiger partial charge is 0.186 e. The summed E-state index contributed by atoms with van der Waals surface area (Å²) < 4.78 is 0. The van der Waals surface area contributed by atoms with E-state index < -0.39 is 0 Å². The van der Waals surface area contributed by atoms with Crippen molar-refractivity contribution in [3.63, 3.8) is 0 Å². The molecule has 184 valence electrons. The number of guanidine groups is 1. The number of hydrogen-bond donors (Lipinski definition) is 3. The fourth-order valence-electron chi connectivity index (χ4n) is 8.91. The number of aliphatic imine (C=N–C) groups is 1. The van der Waals surface area contributed by atoms with E-state index in [0.29, 0.717) is 35.9 Å². The SMILES string of the molecule is C[C@]12CCSSC[C@@H](N=C(N)N)CCCC3=C4C[C@H]1C[C@H](CO)[C@@H](C1CCCC1)[C@@]42CC3=O. The zero-order chi connectivity index (χ0) is 23.2. The minimum Gasteiger partial charge on any atom is -0.396 e. The van der Waals surface area contributed by atoms with Crippen molar-refractivity contribution in [2.24, 2.45) is 51.0 Å². The molecule has 1 spiro atoms. The summed E-state index contributed by atoms with van der Waals surface area (Å²) in [6.45, 7) is 2.82. The lowest BCUT2D eigenvalue weighted by molar-refractivity contribution is -0.129. The van der Waals surface area contributed by atoms with E-state index in [4.69, 9.17) is 11.5 Å². The van der Waals surface area contributed by atoms with Crippen LogP contribution in [0.5, 0.6) is 0 Å². The van der Waals surface area contributed by atoms with E-state index in [1.165, 1.54) is 31.3 Å². The van der Waals surface area contributed by atoms with Crippen LogP contribution < -0.4 is 11.5 Å². The first-order valence-corrected chi connectivity index (χ1v) is 15.6. The first-order chi connectivity index (χ1) is 15.9. The summed E-state index contributed by atoms with van der Waals surface area (Å²) >= 11 is 0. The van der Waals surface area contributed by atoms with Crippen molar-refractivity contribution < 1.29 is 9.90 Å². The Bertz CT molecular complexity index is 835. The summed E-state index contributed by atoms with van der Waals surface area (Å²) in [5.41, 5.74) is 14.2. The summed E-state index contributed by atoms with van der Waals surface area (Å²) in [5, 5.41) is 10.5. The van der Waals surface area contributed by atoms with Gasteiger partial charge < -0.3 is 16.6 Å². The highest BCUT2D eigenvalue weighted by atomic mass is 33.1. The van der Waals surface area contributed by atoms with Crippen LogP contribution in [0.15, 0.2) is 16.1 Å². The number of aliphatic hydroxyl groups is 1. The molecule has 0 radical (unpaired) electrons. The molecule has 1 heterocycles. The van der Waals surface area contributed by atoms with Crippen LogP contribution in [-0.4, -0.2) is 41.0 Å².